The summed E-state index contributed by atoms with van der Waals surface area (Å²) in [7, 11) is 0. The van der Waals surface area contributed by atoms with E-state index in [1.165, 1.54) is 36.9 Å². The van der Waals surface area contributed by atoms with Crippen molar-refractivity contribution in [2.45, 2.75) is 32.1 Å². The zero-order valence-corrected chi connectivity index (χ0v) is 12.9. The number of aryl methyl sites for hydroxylation is 1. The summed E-state index contributed by atoms with van der Waals surface area (Å²) in [6.45, 7) is 3.20. The van der Waals surface area contributed by atoms with Crippen LogP contribution in [0, 0.1) is 0 Å². The monoisotopic (exact) mass is 294 g/mol. The molecule has 0 saturated carbocycles. The third-order valence-corrected chi connectivity index (χ3v) is 4.65. The van der Waals surface area contributed by atoms with Crippen molar-refractivity contribution in [3.63, 3.8) is 0 Å². The van der Waals surface area contributed by atoms with Crippen LogP contribution >= 0.6 is 0 Å². The number of piperidine rings is 1. The van der Waals surface area contributed by atoms with Crippen LogP contribution in [0.3, 0.4) is 0 Å². The van der Waals surface area contributed by atoms with E-state index in [-0.39, 0.29) is 0 Å². The van der Waals surface area contributed by atoms with Crippen molar-refractivity contribution in [1.82, 2.24) is 9.97 Å². The molecule has 22 heavy (non-hydrogen) atoms. The number of fused-ring (bicyclic) bond motifs is 1. The predicted molar refractivity (Wildman–Crippen MR) is 89.9 cm³/mol. The Kier molecular flexibility index (Phi) is 3.67. The largest absolute Gasteiger partial charge is 0.341 e. The van der Waals surface area contributed by atoms with Crippen LogP contribution in [-0.2, 0) is 6.42 Å². The van der Waals surface area contributed by atoms with Gasteiger partial charge >= 0.3 is 0 Å². The second kappa shape index (κ2) is 5.95. The van der Waals surface area contributed by atoms with Crippen LogP contribution < -0.4 is 9.80 Å². The van der Waals surface area contributed by atoms with E-state index in [4.69, 9.17) is 4.98 Å². The molecular weight excluding hydrogens is 272 g/mol. The number of benzene rings is 1. The van der Waals surface area contributed by atoms with Gasteiger partial charge < -0.3 is 9.80 Å². The van der Waals surface area contributed by atoms with Crippen molar-refractivity contribution in [3.8, 4) is 0 Å². The molecule has 114 valence electrons. The Hall–Kier alpha value is -2.10. The molecule has 1 fully saturated rings. The lowest BCUT2D eigenvalue weighted by Gasteiger charge is -2.32. The molecule has 0 unspecified atom stereocenters. The van der Waals surface area contributed by atoms with E-state index in [1.54, 1.807) is 0 Å². The maximum absolute atomic E-state index is 4.86. The first-order valence-corrected chi connectivity index (χ1v) is 8.35. The molecule has 3 heterocycles. The summed E-state index contributed by atoms with van der Waals surface area (Å²) in [4.78, 5) is 14.0. The van der Waals surface area contributed by atoms with E-state index < -0.39 is 0 Å². The molecule has 1 aromatic carbocycles. The van der Waals surface area contributed by atoms with Crippen LogP contribution in [0.1, 0.15) is 31.2 Å². The maximum Gasteiger partial charge on any atom is 0.227 e. The minimum Gasteiger partial charge on any atom is -0.341 e. The van der Waals surface area contributed by atoms with Crippen molar-refractivity contribution in [1.29, 1.82) is 0 Å². The summed E-state index contributed by atoms with van der Waals surface area (Å²) in [6.07, 6.45) is 8.08. The number of aromatic nitrogens is 2. The molecule has 4 rings (SSSR count). The zero-order valence-electron chi connectivity index (χ0n) is 12.9. The molecule has 0 N–H and O–H groups in total. The van der Waals surface area contributed by atoms with Gasteiger partial charge in [-0.25, -0.2) is 4.98 Å². The molecule has 2 aromatic rings. The Balaban J connectivity index is 1.66. The molecule has 2 aliphatic heterocycles. The van der Waals surface area contributed by atoms with Crippen molar-refractivity contribution in [3.05, 3.63) is 42.1 Å². The number of rotatable bonds is 2. The fourth-order valence-electron chi connectivity index (χ4n) is 3.51. The quantitative estimate of drug-likeness (QED) is 0.848. The van der Waals surface area contributed by atoms with Crippen molar-refractivity contribution in [2.75, 3.05) is 29.4 Å². The van der Waals surface area contributed by atoms with Gasteiger partial charge in [-0.3, -0.25) is 0 Å². The van der Waals surface area contributed by atoms with E-state index in [0.717, 1.165) is 37.8 Å². The van der Waals surface area contributed by atoms with Gasteiger partial charge in [0.15, 0.2) is 0 Å². The molecule has 4 nitrogen and oxygen atoms in total. The second-order valence-electron chi connectivity index (χ2n) is 6.15. The Morgan fingerprint density at radius 2 is 1.73 bits per heavy atom. The summed E-state index contributed by atoms with van der Waals surface area (Å²) < 4.78 is 0. The van der Waals surface area contributed by atoms with Crippen LogP contribution in [0.5, 0.6) is 0 Å². The molecule has 0 radical (unpaired) electrons. The van der Waals surface area contributed by atoms with E-state index in [0.29, 0.717) is 0 Å². The molecule has 0 amide bonds. The number of anilines is 3. The van der Waals surface area contributed by atoms with Gasteiger partial charge in [-0.1, -0.05) is 18.2 Å². The first-order chi connectivity index (χ1) is 10.9. The Bertz CT molecular complexity index is 649. The van der Waals surface area contributed by atoms with Crippen molar-refractivity contribution < 1.29 is 0 Å². The third kappa shape index (κ3) is 2.54. The maximum atomic E-state index is 4.86. The molecule has 0 bridgehead atoms. The molecule has 2 aliphatic rings. The number of para-hydroxylation sites is 1. The normalized spacial score (nSPS) is 18.2. The number of hydrogen-bond donors (Lipinski definition) is 0. The molecule has 1 saturated heterocycles. The van der Waals surface area contributed by atoms with Gasteiger partial charge in [0.1, 0.15) is 5.82 Å². The Morgan fingerprint density at radius 3 is 2.64 bits per heavy atom. The lowest BCUT2D eigenvalue weighted by Crippen LogP contribution is -2.32. The minimum atomic E-state index is 0.889. The number of hydrogen-bond acceptors (Lipinski definition) is 4. The Morgan fingerprint density at radius 1 is 0.864 bits per heavy atom. The van der Waals surface area contributed by atoms with Crippen LogP contribution in [0.15, 0.2) is 36.5 Å². The molecule has 1 aromatic heterocycles. The molecular formula is C18H22N4. The van der Waals surface area contributed by atoms with E-state index >= 15 is 0 Å². The highest BCUT2D eigenvalue weighted by Gasteiger charge is 2.20. The SMILES string of the molecule is c1ccc2c(c1)CCCN2c1ccnc(N2CCCCC2)n1. The van der Waals surface area contributed by atoms with E-state index in [2.05, 4.69) is 39.0 Å². The summed E-state index contributed by atoms with van der Waals surface area (Å²) in [5.74, 6) is 1.92. The highest BCUT2D eigenvalue weighted by molar-refractivity contribution is 5.65. The van der Waals surface area contributed by atoms with Crippen LogP contribution in [0.25, 0.3) is 0 Å². The van der Waals surface area contributed by atoms with Gasteiger partial charge in [0.2, 0.25) is 5.95 Å². The molecule has 0 aliphatic carbocycles. The van der Waals surface area contributed by atoms with Gasteiger partial charge in [0.05, 0.1) is 0 Å². The van der Waals surface area contributed by atoms with Crippen LogP contribution in [0.4, 0.5) is 17.5 Å². The average molecular weight is 294 g/mol. The molecule has 4 heteroatoms. The van der Waals surface area contributed by atoms with Crippen LogP contribution in [-0.4, -0.2) is 29.6 Å². The van der Waals surface area contributed by atoms with Gasteiger partial charge in [-0.2, -0.15) is 4.98 Å². The first kappa shape index (κ1) is 13.6. The van der Waals surface area contributed by atoms with Gasteiger partial charge in [-0.15, -0.1) is 0 Å². The Labute approximate surface area is 131 Å². The van der Waals surface area contributed by atoms with E-state index in [9.17, 15) is 0 Å². The zero-order chi connectivity index (χ0) is 14.8. The standard InChI is InChI=1S/C18H22N4/c1-4-12-21(13-5-1)18-19-11-10-17(20-18)22-14-6-8-15-7-2-3-9-16(15)22/h2-3,7,9-11H,1,4-6,8,12-14H2. The van der Waals surface area contributed by atoms with Gasteiger partial charge in [-0.05, 0) is 49.8 Å². The average Bonchev–Trinajstić information content (AvgIpc) is 2.62. The fraction of sp³-hybridized carbons (Fsp3) is 0.444. The van der Waals surface area contributed by atoms with Crippen molar-refractivity contribution >= 4 is 17.5 Å². The van der Waals surface area contributed by atoms with Crippen molar-refractivity contribution in [2.24, 2.45) is 0 Å². The third-order valence-electron chi connectivity index (χ3n) is 4.65. The lowest BCUT2D eigenvalue weighted by atomic mass is 10.0. The highest BCUT2D eigenvalue weighted by Crippen LogP contribution is 2.32. The number of nitrogens with zero attached hydrogens (tertiary/aromatic N) is 4. The lowest BCUT2D eigenvalue weighted by molar-refractivity contribution is 0.568. The molecule has 0 atom stereocenters. The summed E-state index contributed by atoms with van der Waals surface area (Å²) in [5.41, 5.74) is 2.73. The van der Waals surface area contributed by atoms with E-state index in [1.807, 2.05) is 12.3 Å². The molecule has 0 spiro atoms. The van der Waals surface area contributed by atoms with Crippen LogP contribution in [0.2, 0.25) is 0 Å². The van der Waals surface area contributed by atoms with Gasteiger partial charge in [0.25, 0.3) is 0 Å². The highest BCUT2D eigenvalue weighted by atomic mass is 15.3. The smallest absolute Gasteiger partial charge is 0.227 e. The summed E-state index contributed by atoms with van der Waals surface area (Å²) >= 11 is 0. The fourth-order valence-corrected chi connectivity index (χ4v) is 3.51. The predicted octanol–water partition coefficient (Wildman–Crippen LogP) is 3.55. The summed E-state index contributed by atoms with van der Waals surface area (Å²) in [6, 6.07) is 10.7. The minimum absolute atomic E-state index is 0.889. The second-order valence-corrected chi connectivity index (χ2v) is 6.15. The first-order valence-electron chi connectivity index (χ1n) is 8.35. The topological polar surface area (TPSA) is 32.3 Å². The van der Waals surface area contributed by atoms with Gasteiger partial charge in [0, 0.05) is 31.5 Å². The summed E-state index contributed by atoms with van der Waals surface area (Å²) in [5, 5.41) is 0.